The van der Waals surface area contributed by atoms with Crippen LogP contribution < -0.4 is 10.3 Å². The molecule has 5 aromatic rings. The summed E-state index contributed by atoms with van der Waals surface area (Å²) in [6, 6.07) is 18.9. The summed E-state index contributed by atoms with van der Waals surface area (Å²) < 4.78 is 11.8. The Hall–Kier alpha value is -4.39. The number of methoxy groups -OCH3 is 2. The molecule has 34 heavy (non-hydrogen) atoms. The van der Waals surface area contributed by atoms with Gasteiger partial charge in [0, 0.05) is 23.6 Å². The molecule has 0 aliphatic carbocycles. The van der Waals surface area contributed by atoms with Crippen molar-refractivity contribution >= 4 is 27.8 Å². The van der Waals surface area contributed by atoms with E-state index in [1.807, 2.05) is 48.7 Å². The zero-order valence-corrected chi connectivity index (χ0v) is 18.9. The molecule has 0 bridgehead atoms. The smallest absolute Gasteiger partial charge is 0.341 e. The number of carbonyl (C=O) groups excluding carboxylic acids is 1. The molecule has 7 nitrogen and oxygen atoms in total. The first-order chi connectivity index (χ1) is 16.6. The normalized spacial score (nSPS) is 11.1. The maximum Gasteiger partial charge on any atom is 0.341 e. The van der Waals surface area contributed by atoms with Crippen LogP contribution in [0.2, 0.25) is 0 Å². The molecule has 0 saturated heterocycles. The minimum atomic E-state index is -0.468. The lowest BCUT2D eigenvalue weighted by Crippen LogP contribution is -2.21. The van der Waals surface area contributed by atoms with E-state index in [0.717, 1.165) is 27.6 Å². The lowest BCUT2D eigenvalue weighted by atomic mass is 10.0. The monoisotopic (exact) mass is 453 g/mol. The Kier molecular flexibility index (Phi) is 5.59. The van der Waals surface area contributed by atoms with E-state index in [-0.39, 0.29) is 5.56 Å². The Morgan fingerprint density at radius 2 is 1.79 bits per heavy atom. The van der Waals surface area contributed by atoms with Crippen molar-refractivity contribution in [3.8, 4) is 16.9 Å². The number of benzene rings is 3. The molecule has 0 amide bonds. The van der Waals surface area contributed by atoms with Crippen LogP contribution in [0.3, 0.4) is 0 Å². The number of carbonyl (C=O) groups is 1. The Morgan fingerprint density at radius 1 is 1.00 bits per heavy atom. The zero-order valence-electron chi connectivity index (χ0n) is 18.9. The standard InChI is InChI=1S/C27H23N3O4/c1-33-25-14-18(7-9-21(25)27(32)34-2)17-8-10-24-22(13-17)26(31)30(16-29-24)12-11-19-15-28-23-6-4-3-5-20(19)23/h3-10,13-16,28H,11-12H2,1-2H3. The van der Waals surface area contributed by atoms with E-state index < -0.39 is 5.97 Å². The first-order valence-corrected chi connectivity index (χ1v) is 10.9. The van der Waals surface area contributed by atoms with Crippen LogP contribution in [0, 0.1) is 0 Å². The van der Waals surface area contributed by atoms with Gasteiger partial charge in [0.05, 0.1) is 31.4 Å². The number of aromatic amines is 1. The van der Waals surface area contributed by atoms with Crippen LogP contribution in [-0.2, 0) is 17.7 Å². The molecular weight excluding hydrogens is 430 g/mol. The van der Waals surface area contributed by atoms with Gasteiger partial charge in [0.1, 0.15) is 11.3 Å². The summed E-state index contributed by atoms with van der Waals surface area (Å²) in [5, 5.41) is 1.70. The predicted octanol–water partition coefficient (Wildman–Crippen LogP) is 4.58. The van der Waals surface area contributed by atoms with Crippen LogP contribution >= 0.6 is 0 Å². The van der Waals surface area contributed by atoms with E-state index in [2.05, 4.69) is 16.0 Å². The van der Waals surface area contributed by atoms with Crippen molar-refractivity contribution in [2.24, 2.45) is 0 Å². The fraction of sp³-hybridized carbons (Fsp3) is 0.148. The first kappa shape index (κ1) is 21.5. The van der Waals surface area contributed by atoms with Gasteiger partial charge in [-0.1, -0.05) is 30.3 Å². The average molecular weight is 453 g/mol. The number of H-pyrrole nitrogens is 1. The summed E-state index contributed by atoms with van der Waals surface area (Å²) >= 11 is 0. The molecule has 170 valence electrons. The van der Waals surface area contributed by atoms with E-state index in [0.29, 0.717) is 35.2 Å². The highest BCUT2D eigenvalue weighted by Gasteiger charge is 2.14. The number of nitrogens with zero attached hydrogens (tertiary/aromatic N) is 2. The molecule has 0 aliphatic heterocycles. The molecule has 0 saturated carbocycles. The Labute approximate surface area is 195 Å². The number of ether oxygens (including phenoxy) is 2. The van der Waals surface area contributed by atoms with Gasteiger partial charge in [-0.15, -0.1) is 0 Å². The van der Waals surface area contributed by atoms with Gasteiger partial charge < -0.3 is 14.5 Å². The number of rotatable bonds is 6. The van der Waals surface area contributed by atoms with Gasteiger partial charge in [-0.3, -0.25) is 9.36 Å². The quantitative estimate of drug-likeness (QED) is 0.380. The van der Waals surface area contributed by atoms with Gasteiger partial charge in [0.15, 0.2) is 0 Å². The molecule has 2 aromatic heterocycles. The molecule has 5 rings (SSSR count). The summed E-state index contributed by atoms with van der Waals surface area (Å²) in [5.74, 6) is -0.0593. The summed E-state index contributed by atoms with van der Waals surface area (Å²) in [5.41, 5.74) is 4.78. The van der Waals surface area contributed by atoms with Crippen LogP contribution in [0.25, 0.3) is 32.9 Å². The SMILES string of the molecule is COC(=O)c1ccc(-c2ccc3ncn(CCc4c[nH]c5ccccc45)c(=O)c3c2)cc1OC. The van der Waals surface area contributed by atoms with Gasteiger partial charge in [-0.2, -0.15) is 0 Å². The van der Waals surface area contributed by atoms with Crippen molar-refractivity contribution in [1.29, 1.82) is 0 Å². The summed E-state index contributed by atoms with van der Waals surface area (Å²) in [7, 11) is 2.83. The second kappa shape index (κ2) is 8.86. The highest BCUT2D eigenvalue weighted by molar-refractivity contribution is 5.94. The van der Waals surface area contributed by atoms with Crippen LogP contribution in [0.4, 0.5) is 0 Å². The number of nitrogens with one attached hydrogen (secondary N) is 1. The second-order valence-electron chi connectivity index (χ2n) is 7.99. The van der Waals surface area contributed by atoms with Gasteiger partial charge in [0.25, 0.3) is 5.56 Å². The van der Waals surface area contributed by atoms with Crippen molar-refractivity contribution in [1.82, 2.24) is 14.5 Å². The molecule has 0 spiro atoms. The number of fused-ring (bicyclic) bond motifs is 2. The third-order valence-corrected chi connectivity index (χ3v) is 6.06. The molecule has 1 N–H and O–H groups in total. The predicted molar refractivity (Wildman–Crippen MR) is 131 cm³/mol. The Morgan fingerprint density at radius 3 is 2.62 bits per heavy atom. The largest absolute Gasteiger partial charge is 0.496 e. The van der Waals surface area contributed by atoms with Crippen LogP contribution in [0.1, 0.15) is 15.9 Å². The lowest BCUT2D eigenvalue weighted by molar-refractivity contribution is 0.0597. The maximum absolute atomic E-state index is 13.3. The van der Waals surface area contributed by atoms with Gasteiger partial charge in [-0.25, -0.2) is 9.78 Å². The zero-order chi connectivity index (χ0) is 23.7. The van der Waals surface area contributed by atoms with E-state index in [4.69, 9.17) is 9.47 Å². The number of esters is 1. The average Bonchev–Trinajstić information content (AvgIpc) is 3.30. The van der Waals surface area contributed by atoms with Crippen molar-refractivity contribution in [2.45, 2.75) is 13.0 Å². The fourth-order valence-electron chi connectivity index (χ4n) is 4.23. The van der Waals surface area contributed by atoms with E-state index in [9.17, 15) is 9.59 Å². The highest BCUT2D eigenvalue weighted by atomic mass is 16.5. The number of aromatic nitrogens is 3. The fourth-order valence-corrected chi connectivity index (χ4v) is 4.23. The highest BCUT2D eigenvalue weighted by Crippen LogP contribution is 2.29. The van der Waals surface area contributed by atoms with Crippen molar-refractivity contribution in [3.63, 3.8) is 0 Å². The summed E-state index contributed by atoms with van der Waals surface area (Å²) in [6.45, 7) is 0.523. The molecule has 0 atom stereocenters. The van der Waals surface area contributed by atoms with Crippen LogP contribution in [0.15, 0.2) is 78.0 Å². The van der Waals surface area contributed by atoms with Gasteiger partial charge >= 0.3 is 5.97 Å². The number of hydrogen-bond donors (Lipinski definition) is 1. The number of aryl methyl sites for hydroxylation is 2. The topological polar surface area (TPSA) is 86.2 Å². The number of hydrogen-bond acceptors (Lipinski definition) is 5. The minimum absolute atomic E-state index is 0.0927. The Balaban J connectivity index is 1.48. The Bertz CT molecular complexity index is 1580. The summed E-state index contributed by atoms with van der Waals surface area (Å²) in [6.07, 6.45) is 4.31. The van der Waals surface area contributed by atoms with E-state index in [1.165, 1.54) is 14.2 Å². The maximum atomic E-state index is 13.3. The molecule has 7 heteroatoms. The lowest BCUT2D eigenvalue weighted by Gasteiger charge is -2.11. The van der Waals surface area contributed by atoms with E-state index in [1.54, 1.807) is 23.0 Å². The van der Waals surface area contributed by atoms with Crippen molar-refractivity contribution < 1.29 is 14.3 Å². The molecule has 0 unspecified atom stereocenters. The van der Waals surface area contributed by atoms with Crippen LogP contribution in [0.5, 0.6) is 5.75 Å². The number of para-hydroxylation sites is 1. The molecule has 0 radical (unpaired) electrons. The molecular formula is C27H23N3O4. The first-order valence-electron chi connectivity index (χ1n) is 10.9. The summed E-state index contributed by atoms with van der Waals surface area (Å²) in [4.78, 5) is 33.0. The van der Waals surface area contributed by atoms with Crippen LogP contribution in [-0.4, -0.2) is 34.7 Å². The third-order valence-electron chi connectivity index (χ3n) is 6.06. The molecule has 0 fully saturated rings. The van der Waals surface area contributed by atoms with Crippen molar-refractivity contribution in [3.05, 3.63) is 94.7 Å². The van der Waals surface area contributed by atoms with E-state index >= 15 is 0 Å². The molecule has 0 aliphatic rings. The van der Waals surface area contributed by atoms with Gasteiger partial charge in [0.2, 0.25) is 0 Å². The minimum Gasteiger partial charge on any atom is -0.496 e. The van der Waals surface area contributed by atoms with Gasteiger partial charge in [-0.05, 0) is 53.4 Å². The van der Waals surface area contributed by atoms with Crippen molar-refractivity contribution in [2.75, 3.05) is 14.2 Å². The molecule has 3 aromatic carbocycles. The second-order valence-corrected chi connectivity index (χ2v) is 7.99. The third kappa shape index (κ3) is 3.81. The molecule has 2 heterocycles.